The number of amides is 1. The molecule has 0 radical (unpaired) electrons. The lowest BCUT2D eigenvalue weighted by Gasteiger charge is -2.32. The smallest absolute Gasteiger partial charge is 0.234 e. The molecule has 1 fully saturated rings. The van der Waals surface area contributed by atoms with Gasteiger partial charge in [0.25, 0.3) is 0 Å². The second-order valence-electron chi connectivity index (χ2n) is 5.50. The molecule has 1 aromatic heterocycles. The highest BCUT2D eigenvalue weighted by Gasteiger charge is 2.35. The maximum absolute atomic E-state index is 12.4. The fourth-order valence-electron chi connectivity index (χ4n) is 2.62. The van der Waals surface area contributed by atoms with Gasteiger partial charge in [0.15, 0.2) is 5.16 Å². The zero-order chi connectivity index (χ0) is 15.3. The predicted octanol–water partition coefficient (Wildman–Crippen LogP) is 2.73. The average molecular weight is 306 g/mol. The summed E-state index contributed by atoms with van der Waals surface area (Å²) in [6.45, 7) is 4.74. The van der Waals surface area contributed by atoms with Gasteiger partial charge in [0.2, 0.25) is 5.91 Å². The van der Waals surface area contributed by atoms with Crippen molar-refractivity contribution in [2.24, 2.45) is 0 Å². The highest BCUT2D eigenvalue weighted by Crippen LogP contribution is 2.29. The van der Waals surface area contributed by atoms with Gasteiger partial charge in [0.05, 0.1) is 11.3 Å². The van der Waals surface area contributed by atoms with Crippen LogP contribution in [0.4, 0.5) is 0 Å². The van der Waals surface area contributed by atoms with E-state index in [4.69, 9.17) is 0 Å². The molecule has 0 spiro atoms. The van der Waals surface area contributed by atoms with Crippen LogP contribution in [0.5, 0.6) is 0 Å². The second kappa shape index (κ2) is 6.99. The number of carbonyl (C=O) groups is 1. The molecule has 0 bridgehead atoms. The third-order valence-corrected chi connectivity index (χ3v) is 5.07. The van der Waals surface area contributed by atoms with Gasteiger partial charge in [0, 0.05) is 18.9 Å². The Morgan fingerprint density at radius 3 is 2.90 bits per heavy atom. The molecule has 1 aliphatic carbocycles. The van der Waals surface area contributed by atoms with E-state index in [2.05, 4.69) is 16.4 Å². The van der Waals surface area contributed by atoms with Crippen LogP contribution in [0.1, 0.15) is 46.0 Å². The third-order valence-electron chi connectivity index (χ3n) is 3.95. The summed E-state index contributed by atoms with van der Waals surface area (Å²) in [5, 5.41) is 13.0. The lowest BCUT2D eigenvalue weighted by atomic mass is 9.83. The summed E-state index contributed by atoms with van der Waals surface area (Å²) in [6.07, 6.45) is 8.34. The number of nitriles is 1. The number of imidazole rings is 1. The molecular weight excluding hydrogens is 284 g/mol. The predicted molar refractivity (Wildman–Crippen MR) is 82.8 cm³/mol. The Bertz CT molecular complexity index is 528. The van der Waals surface area contributed by atoms with Gasteiger partial charge >= 0.3 is 0 Å². The largest absolute Gasteiger partial charge is 0.337 e. The average Bonchev–Trinajstić information content (AvgIpc) is 2.95. The number of nitrogens with zero attached hydrogens (tertiary/aromatic N) is 3. The summed E-state index contributed by atoms with van der Waals surface area (Å²) in [5.74, 6) is -0.0749. The molecule has 2 rings (SSSR count). The number of nitrogens with one attached hydrogen (secondary N) is 1. The minimum absolute atomic E-state index is 0.0749. The Morgan fingerprint density at radius 1 is 1.57 bits per heavy atom. The van der Waals surface area contributed by atoms with E-state index in [-0.39, 0.29) is 11.2 Å². The number of rotatable bonds is 5. The van der Waals surface area contributed by atoms with Gasteiger partial charge in [-0.2, -0.15) is 5.26 Å². The minimum Gasteiger partial charge on any atom is -0.337 e. The quantitative estimate of drug-likeness (QED) is 0.849. The van der Waals surface area contributed by atoms with E-state index in [1.165, 1.54) is 11.8 Å². The van der Waals surface area contributed by atoms with Crippen molar-refractivity contribution in [3.8, 4) is 6.07 Å². The van der Waals surface area contributed by atoms with Gasteiger partial charge in [-0.15, -0.1) is 0 Å². The van der Waals surface area contributed by atoms with Crippen molar-refractivity contribution in [3.05, 3.63) is 12.4 Å². The fraction of sp³-hybridized carbons (Fsp3) is 0.667. The summed E-state index contributed by atoms with van der Waals surface area (Å²) in [7, 11) is 0. The molecule has 1 heterocycles. The summed E-state index contributed by atoms with van der Waals surface area (Å²) >= 11 is 1.44. The number of aryl methyl sites for hydroxylation is 1. The standard InChI is InChI=1S/C15H22N4OS/c1-3-19-10-9-17-14(19)21-12(2)13(20)18-15(11-16)7-5-4-6-8-15/h9-10,12H,3-8H2,1-2H3,(H,18,20). The van der Waals surface area contributed by atoms with E-state index < -0.39 is 5.54 Å². The Balaban J connectivity index is 1.97. The van der Waals surface area contributed by atoms with Gasteiger partial charge in [-0.3, -0.25) is 4.79 Å². The van der Waals surface area contributed by atoms with Gasteiger partial charge in [0.1, 0.15) is 5.54 Å². The molecule has 1 unspecified atom stereocenters. The van der Waals surface area contributed by atoms with Gasteiger partial charge in [-0.1, -0.05) is 31.0 Å². The van der Waals surface area contributed by atoms with Crippen LogP contribution in [-0.4, -0.2) is 26.2 Å². The van der Waals surface area contributed by atoms with E-state index in [1.54, 1.807) is 6.20 Å². The highest BCUT2D eigenvalue weighted by molar-refractivity contribution is 8.00. The molecule has 0 aliphatic heterocycles. The zero-order valence-corrected chi connectivity index (χ0v) is 13.4. The first-order chi connectivity index (χ1) is 10.1. The van der Waals surface area contributed by atoms with E-state index in [9.17, 15) is 10.1 Å². The van der Waals surface area contributed by atoms with E-state index >= 15 is 0 Å². The maximum Gasteiger partial charge on any atom is 0.234 e. The number of carbonyl (C=O) groups excluding carboxylic acids is 1. The van der Waals surface area contributed by atoms with Crippen molar-refractivity contribution < 1.29 is 4.79 Å². The van der Waals surface area contributed by atoms with Crippen molar-refractivity contribution >= 4 is 17.7 Å². The Hall–Kier alpha value is -1.48. The molecule has 6 heteroatoms. The molecule has 1 aliphatic rings. The first kappa shape index (κ1) is 15.9. The first-order valence-corrected chi connectivity index (χ1v) is 8.39. The van der Waals surface area contributed by atoms with Crippen LogP contribution in [0.3, 0.4) is 0 Å². The summed E-state index contributed by atoms with van der Waals surface area (Å²) in [5.41, 5.74) is -0.662. The lowest BCUT2D eigenvalue weighted by molar-refractivity contribution is -0.121. The van der Waals surface area contributed by atoms with Crippen molar-refractivity contribution in [1.82, 2.24) is 14.9 Å². The summed E-state index contributed by atoms with van der Waals surface area (Å²) in [4.78, 5) is 16.7. The van der Waals surface area contributed by atoms with E-state index in [1.807, 2.05) is 24.6 Å². The fourth-order valence-corrected chi connectivity index (χ4v) is 3.55. The normalized spacial score (nSPS) is 18.7. The van der Waals surface area contributed by atoms with Crippen molar-refractivity contribution in [2.75, 3.05) is 0 Å². The molecule has 114 valence electrons. The van der Waals surface area contributed by atoms with Gasteiger partial charge in [-0.05, 0) is 26.7 Å². The molecular formula is C15H22N4OS. The van der Waals surface area contributed by atoms with Crippen molar-refractivity contribution in [3.63, 3.8) is 0 Å². The van der Waals surface area contributed by atoms with Crippen molar-refractivity contribution in [2.45, 2.75) is 68.4 Å². The maximum atomic E-state index is 12.4. The van der Waals surface area contributed by atoms with Crippen LogP contribution in [0.25, 0.3) is 0 Å². The topological polar surface area (TPSA) is 70.7 Å². The lowest BCUT2D eigenvalue weighted by Crippen LogP contribution is -2.50. The van der Waals surface area contributed by atoms with Crippen LogP contribution < -0.4 is 5.32 Å². The molecule has 0 aromatic carbocycles. The Morgan fingerprint density at radius 2 is 2.29 bits per heavy atom. The first-order valence-electron chi connectivity index (χ1n) is 7.51. The SMILES string of the molecule is CCn1ccnc1SC(C)C(=O)NC1(C#N)CCCCC1. The minimum atomic E-state index is -0.662. The zero-order valence-electron chi connectivity index (χ0n) is 12.6. The number of aromatic nitrogens is 2. The van der Waals surface area contributed by atoms with Crippen LogP contribution in [0.15, 0.2) is 17.6 Å². The number of thioether (sulfide) groups is 1. The van der Waals surface area contributed by atoms with Crippen LogP contribution in [0, 0.1) is 11.3 Å². The van der Waals surface area contributed by atoms with Gasteiger partial charge in [-0.25, -0.2) is 4.98 Å². The molecule has 1 N–H and O–H groups in total. The van der Waals surface area contributed by atoms with E-state index in [0.717, 1.165) is 43.8 Å². The molecule has 1 aromatic rings. The van der Waals surface area contributed by atoms with Crippen LogP contribution >= 0.6 is 11.8 Å². The Labute approximate surface area is 130 Å². The third kappa shape index (κ3) is 3.79. The highest BCUT2D eigenvalue weighted by atomic mass is 32.2. The van der Waals surface area contributed by atoms with Crippen LogP contribution in [-0.2, 0) is 11.3 Å². The Kier molecular flexibility index (Phi) is 5.29. The number of hydrogen-bond acceptors (Lipinski definition) is 4. The summed E-state index contributed by atoms with van der Waals surface area (Å²) < 4.78 is 2.01. The molecule has 0 saturated heterocycles. The second-order valence-corrected chi connectivity index (χ2v) is 6.81. The van der Waals surface area contributed by atoms with Crippen LogP contribution in [0.2, 0.25) is 0 Å². The van der Waals surface area contributed by atoms with E-state index in [0.29, 0.717) is 0 Å². The molecule has 21 heavy (non-hydrogen) atoms. The molecule has 5 nitrogen and oxygen atoms in total. The molecule has 1 saturated carbocycles. The number of hydrogen-bond donors (Lipinski definition) is 1. The molecule has 1 amide bonds. The monoisotopic (exact) mass is 306 g/mol. The molecule has 1 atom stereocenters. The summed E-state index contributed by atoms with van der Waals surface area (Å²) in [6, 6.07) is 2.32. The van der Waals surface area contributed by atoms with Crippen molar-refractivity contribution in [1.29, 1.82) is 5.26 Å². The van der Waals surface area contributed by atoms with Gasteiger partial charge < -0.3 is 9.88 Å².